The molecule has 3 rings (SSSR count). The van der Waals surface area contributed by atoms with Gasteiger partial charge in [0.25, 0.3) is 5.91 Å². The molecule has 3 nitrogen and oxygen atoms in total. The minimum absolute atomic E-state index is 0.102. The zero-order valence-corrected chi connectivity index (χ0v) is 12.3. The first kappa shape index (κ1) is 14.2. The van der Waals surface area contributed by atoms with Crippen molar-refractivity contribution in [1.82, 2.24) is 4.90 Å². The Balaban J connectivity index is 1.69. The van der Waals surface area contributed by atoms with Crippen LogP contribution in [0.15, 0.2) is 47.1 Å². The third kappa shape index (κ3) is 3.29. The molecular formula is C16H16FNO2S. The quantitative estimate of drug-likeness (QED) is 0.847. The van der Waals surface area contributed by atoms with Crippen molar-refractivity contribution >= 4 is 17.7 Å². The number of hydrogen-bond donors (Lipinski definition) is 0. The monoisotopic (exact) mass is 305 g/mol. The highest BCUT2D eigenvalue weighted by molar-refractivity contribution is 7.99. The summed E-state index contributed by atoms with van der Waals surface area (Å²) in [6.07, 6.45) is 2.52. The van der Waals surface area contributed by atoms with Crippen LogP contribution in [-0.2, 0) is 0 Å². The summed E-state index contributed by atoms with van der Waals surface area (Å²) < 4.78 is 18.7. The highest BCUT2D eigenvalue weighted by Gasteiger charge is 2.24. The topological polar surface area (TPSA) is 33.5 Å². The van der Waals surface area contributed by atoms with Gasteiger partial charge in [0.2, 0.25) is 0 Å². The molecule has 0 saturated carbocycles. The number of benzene rings is 1. The van der Waals surface area contributed by atoms with Crippen LogP contribution >= 0.6 is 11.8 Å². The normalized spacial score (nSPS) is 19.3. The van der Waals surface area contributed by atoms with Crippen molar-refractivity contribution in [3.8, 4) is 0 Å². The number of furan rings is 1. The number of halogens is 1. The van der Waals surface area contributed by atoms with Gasteiger partial charge >= 0.3 is 0 Å². The summed E-state index contributed by atoms with van der Waals surface area (Å²) in [4.78, 5) is 14.2. The van der Waals surface area contributed by atoms with E-state index in [1.165, 1.54) is 12.1 Å². The Hall–Kier alpha value is -1.75. The first-order valence-electron chi connectivity index (χ1n) is 6.94. The van der Waals surface area contributed by atoms with Gasteiger partial charge in [-0.3, -0.25) is 4.79 Å². The molecule has 2 heterocycles. The first-order chi connectivity index (χ1) is 10.2. The van der Waals surface area contributed by atoms with Crippen molar-refractivity contribution < 1.29 is 13.6 Å². The number of rotatable bonds is 2. The lowest BCUT2D eigenvalue weighted by atomic mass is 10.1. The van der Waals surface area contributed by atoms with Crippen LogP contribution in [-0.4, -0.2) is 29.6 Å². The van der Waals surface area contributed by atoms with Crippen LogP contribution in [0.2, 0.25) is 0 Å². The fourth-order valence-corrected chi connectivity index (χ4v) is 3.66. The van der Waals surface area contributed by atoms with Crippen molar-refractivity contribution in [3.05, 3.63) is 59.8 Å². The van der Waals surface area contributed by atoms with Gasteiger partial charge in [-0.15, -0.1) is 11.8 Å². The van der Waals surface area contributed by atoms with Gasteiger partial charge in [-0.05, 0) is 36.8 Å². The van der Waals surface area contributed by atoms with Gasteiger partial charge in [0.15, 0.2) is 0 Å². The average Bonchev–Trinajstić information content (AvgIpc) is 2.91. The van der Waals surface area contributed by atoms with E-state index in [1.807, 2.05) is 12.1 Å². The van der Waals surface area contributed by atoms with Crippen LogP contribution in [0.4, 0.5) is 4.39 Å². The molecular weight excluding hydrogens is 289 g/mol. The zero-order chi connectivity index (χ0) is 14.7. The second-order valence-electron chi connectivity index (χ2n) is 4.97. The van der Waals surface area contributed by atoms with Gasteiger partial charge in [0.1, 0.15) is 11.6 Å². The maximum atomic E-state index is 13.2. The second-order valence-corrected chi connectivity index (χ2v) is 6.28. The Morgan fingerprint density at radius 2 is 2.19 bits per heavy atom. The summed E-state index contributed by atoms with van der Waals surface area (Å²) >= 11 is 1.80. The molecule has 1 aliphatic rings. The molecule has 1 fully saturated rings. The molecule has 1 aromatic heterocycles. The summed E-state index contributed by atoms with van der Waals surface area (Å²) in [5.74, 6) is 1.33. The van der Waals surface area contributed by atoms with Crippen LogP contribution in [0.3, 0.4) is 0 Å². The minimum Gasteiger partial charge on any atom is -0.468 e. The molecule has 0 N–H and O–H groups in total. The van der Waals surface area contributed by atoms with E-state index in [1.54, 1.807) is 35.1 Å². The number of nitrogens with zero attached hydrogens (tertiary/aromatic N) is 1. The minimum atomic E-state index is -0.376. The lowest BCUT2D eigenvalue weighted by Crippen LogP contribution is -2.33. The Morgan fingerprint density at radius 3 is 2.95 bits per heavy atom. The van der Waals surface area contributed by atoms with Crippen molar-refractivity contribution in [2.45, 2.75) is 11.7 Å². The molecule has 1 amide bonds. The Kier molecular flexibility index (Phi) is 4.29. The molecule has 0 radical (unpaired) electrons. The number of hydrogen-bond acceptors (Lipinski definition) is 3. The average molecular weight is 305 g/mol. The van der Waals surface area contributed by atoms with Gasteiger partial charge in [-0.25, -0.2) is 4.39 Å². The summed E-state index contributed by atoms with van der Waals surface area (Å²) in [5.41, 5.74) is 0.413. The standard InChI is InChI=1S/C16H16FNO2S/c17-13-4-1-3-12(11-13)16(19)18-7-6-15(21-10-8-18)14-5-2-9-20-14/h1-5,9,11,15H,6-8,10H2. The smallest absolute Gasteiger partial charge is 0.253 e. The molecule has 1 unspecified atom stereocenters. The lowest BCUT2D eigenvalue weighted by Gasteiger charge is -2.20. The van der Waals surface area contributed by atoms with Crippen LogP contribution < -0.4 is 0 Å². The molecule has 1 saturated heterocycles. The highest BCUT2D eigenvalue weighted by Crippen LogP contribution is 2.34. The third-order valence-electron chi connectivity index (χ3n) is 3.56. The van der Waals surface area contributed by atoms with Crippen molar-refractivity contribution in [2.24, 2.45) is 0 Å². The maximum Gasteiger partial charge on any atom is 0.253 e. The van der Waals surface area contributed by atoms with Crippen molar-refractivity contribution in [2.75, 3.05) is 18.8 Å². The molecule has 5 heteroatoms. The summed E-state index contributed by atoms with van der Waals surface area (Å²) in [6, 6.07) is 9.73. The lowest BCUT2D eigenvalue weighted by molar-refractivity contribution is 0.0765. The molecule has 2 aromatic rings. The highest BCUT2D eigenvalue weighted by atomic mass is 32.2. The molecule has 1 aromatic carbocycles. The van der Waals surface area contributed by atoms with E-state index in [-0.39, 0.29) is 17.0 Å². The number of thioether (sulfide) groups is 1. The van der Waals surface area contributed by atoms with Crippen LogP contribution in [0.5, 0.6) is 0 Å². The molecule has 1 aliphatic heterocycles. The van der Waals surface area contributed by atoms with E-state index < -0.39 is 0 Å². The Bertz CT molecular complexity index is 614. The van der Waals surface area contributed by atoms with E-state index >= 15 is 0 Å². The van der Waals surface area contributed by atoms with Gasteiger partial charge < -0.3 is 9.32 Å². The maximum absolute atomic E-state index is 13.2. The predicted molar refractivity (Wildman–Crippen MR) is 80.8 cm³/mol. The summed E-state index contributed by atoms with van der Waals surface area (Å²) in [7, 11) is 0. The second kappa shape index (κ2) is 6.35. The molecule has 21 heavy (non-hydrogen) atoms. The molecule has 1 atom stereocenters. The number of amides is 1. The fraction of sp³-hybridized carbons (Fsp3) is 0.312. The molecule has 0 bridgehead atoms. The summed E-state index contributed by atoms with van der Waals surface area (Å²) in [5, 5.41) is 0.283. The van der Waals surface area contributed by atoms with E-state index in [2.05, 4.69) is 0 Å². The third-order valence-corrected chi connectivity index (χ3v) is 4.85. The van der Waals surface area contributed by atoms with Crippen molar-refractivity contribution in [3.63, 3.8) is 0 Å². The Morgan fingerprint density at radius 1 is 1.29 bits per heavy atom. The van der Waals surface area contributed by atoms with Crippen LogP contribution in [0.25, 0.3) is 0 Å². The number of carbonyl (C=O) groups excluding carboxylic acids is 1. The van der Waals surface area contributed by atoms with Gasteiger partial charge in [0.05, 0.1) is 11.5 Å². The van der Waals surface area contributed by atoms with E-state index in [0.717, 1.165) is 17.9 Å². The first-order valence-corrected chi connectivity index (χ1v) is 7.99. The van der Waals surface area contributed by atoms with Gasteiger partial charge in [-0.2, -0.15) is 0 Å². The molecule has 0 spiro atoms. The van der Waals surface area contributed by atoms with Gasteiger partial charge in [-0.1, -0.05) is 6.07 Å². The fourth-order valence-electron chi connectivity index (χ4n) is 2.48. The largest absolute Gasteiger partial charge is 0.468 e. The van der Waals surface area contributed by atoms with E-state index in [0.29, 0.717) is 18.7 Å². The van der Waals surface area contributed by atoms with E-state index in [9.17, 15) is 9.18 Å². The van der Waals surface area contributed by atoms with Crippen molar-refractivity contribution in [1.29, 1.82) is 0 Å². The Labute approximate surface area is 127 Å². The molecule has 0 aliphatic carbocycles. The van der Waals surface area contributed by atoms with Crippen LogP contribution in [0, 0.1) is 5.82 Å². The number of carbonyl (C=O) groups is 1. The summed E-state index contributed by atoms with van der Waals surface area (Å²) in [6.45, 7) is 1.34. The zero-order valence-electron chi connectivity index (χ0n) is 11.5. The van der Waals surface area contributed by atoms with E-state index in [4.69, 9.17) is 4.42 Å². The van der Waals surface area contributed by atoms with Crippen LogP contribution in [0.1, 0.15) is 27.8 Å². The molecule has 110 valence electrons. The SMILES string of the molecule is O=C(c1cccc(F)c1)N1CCSC(c2ccco2)CC1. The van der Waals surface area contributed by atoms with Gasteiger partial charge in [0, 0.05) is 24.4 Å². The predicted octanol–water partition coefficient (Wildman–Crippen LogP) is 3.74.